The highest BCUT2D eigenvalue weighted by Crippen LogP contribution is 2.29. The van der Waals surface area contributed by atoms with Gasteiger partial charge in [0.05, 0.1) is 5.69 Å². The lowest BCUT2D eigenvalue weighted by molar-refractivity contribution is 0.252. The molecule has 0 bridgehead atoms. The first-order chi connectivity index (χ1) is 10.8. The van der Waals surface area contributed by atoms with E-state index >= 15 is 0 Å². The van der Waals surface area contributed by atoms with Crippen molar-refractivity contribution in [3.05, 3.63) is 54.6 Å². The molecule has 0 fully saturated rings. The minimum Gasteiger partial charge on any atom is -0.354 e. The zero-order chi connectivity index (χ0) is 15.4. The van der Waals surface area contributed by atoms with Gasteiger partial charge >= 0.3 is 6.03 Å². The number of fused-ring (bicyclic) bond motifs is 1. The zero-order valence-electron chi connectivity index (χ0n) is 12.5. The number of nitrogens with one attached hydrogen (secondary N) is 3. The molecule has 1 heterocycles. The maximum absolute atomic E-state index is 11.9. The summed E-state index contributed by atoms with van der Waals surface area (Å²) < 4.78 is 0. The van der Waals surface area contributed by atoms with E-state index in [0.29, 0.717) is 6.54 Å². The molecule has 22 heavy (non-hydrogen) atoms. The predicted octanol–water partition coefficient (Wildman–Crippen LogP) is 4.37. The third kappa shape index (κ3) is 2.96. The minimum atomic E-state index is -0.176. The molecule has 0 aliphatic carbocycles. The molecule has 3 rings (SSSR count). The molecule has 0 atom stereocenters. The summed E-state index contributed by atoms with van der Waals surface area (Å²) in [6.45, 7) is 2.69. The number of benzene rings is 2. The lowest BCUT2D eigenvalue weighted by Gasteiger charge is -2.10. The van der Waals surface area contributed by atoms with Crippen LogP contribution < -0.4 is 10.6 Å². The monoisotopic (exact) mass is 293 g/mol. The van der Waals surface area contributed by atoms with Crippen LogP contribution in [0.4, 0.5) is 10.5 Å². The van der Waals surface area contributed by atoms with Crippen molar-refractivity contribution in [1.82, 2.24) is 10.3 Å². The van der Waals surface area contributed by atoms with Gasteiger partial charge in [0.1, 0.15) is 0 Å². The number of hydrogen-bond donors (Lipinski definition) is 3. The Morgan fingerprint density at radius 2 is 1.86 bits per heavy atom. The molecule has 0 aliphatic rings. The summed E-state index contributed by atoms with van der Waals surface area (Å²) in [4.78, 5) is 15.3. The van der Waals surface area contributed by atoms with E-state index in [2.05, 4.69) is 27.8 Å². The molecule has 0 saturated heterocycles. The van der Waals surface area contributed by atoms with Crippen molar-refractivity contribution < 1.29 is 4.79 Å². The van der Waals surface area contributed by atoms with Crippen LogP contribution >= 0.6 is 0 Å². The van der Waals surface area contributed by atoms with Crippen LogP contribution in [0, 0.1) is 0 Å². The van der Waals surface area contributed by atoms with Gasteiger partial charge in [-0.3, -0.25) is 0 Å². The number of para-hydroxylation sites is 2. The number of hydrogen-bond acceptors (Lipinski definition) is 1. The van der Waals surface area contributed by atoms with Gasteiger partial charge in [-0.15, -0.1) is 0 Å². The first-order valence-corrected chi connectivity index (χ1v) is 7.50. The topological polar surface area (TPSA) is 56.9 Å². The van der Waals surface area contributed by atoms with Crippen molar-refractivity contribution in [3.8, 4) is 11.3 Å². The van der Waals surface area contributed by atoms with Crippen LogP contribution in [0.1, 0.15) is 13.3 Å². The summed E-state index contributed by atoms with van der Waals surface area (Å²) in [6, 6.07) is 17.9. The second-order valence-electron chi connectivity index (χ2n) is 5.20. The molecule has 0 spiro atoms. The molecule has 1 aromatic heterocycles. The molecule has 4 heteroatoms. The van der Waals surface area contributed by atoms with Crippen molar-refractivity contribution in [3.63, 3.8) is 0 Å². The number of rotatable bonds is 4. The quantitative estimate of drug-likeness (QED) is 0.657. The fourth-order valence-electron chi connectivity index (χ4n) is 2.45. The van der Waals surface area contributed by atoms with Gasteiger partial charge in [-0.05, 0) is 24.6 Å². The van der Waals surface area contributed by atoms with E-state index in [4.69, 9.17) is 0 Å². The van der Waals surface area contributed by atoms with Crippen molar-refractivity contribution in [2.24, 2.45) is 0 Å². The Morgan fingerprint density at radius 1 is 1.09 bits per heavy atom. The number of H-pyrrole nitrogens is 1. The average Bonchev–Trinajstić information content (AvgIpc) is 2.97. The lowest BCUT2D eigenvalue weighted by atomic mass is 10.1. The molecular formula is C18H19N3O. The minimum absolute atomic E-state index is 0.176. The van der Waals surface area contributed by atoms with E-state index in [9.17, 15) is 4.79 Å². The average molecular weight is 293 g/mol. The lowest BCUT2D eigenvalue weighted by Crippen LogP contribution is -2.29. The Kier molecular flexibility index (Phi) is 4.10. The summed E-state index contributed by atoms with van der Waals surface area (Å²) in [5, 5.41) is 6.90. The van der Waals surface area contributed by atoms with Gasteiger partial charge < -0.3 is 15.6 Å². The molecular weight excluding hydrogens is 274 g/mol. The highest BCUT2D eigenvalue weighted by Gasteiger charge is 2.09. The first-order valence-electron chi connectivity index (χ1n) is 7.50. The molecule has 3 N–H and O–H groups in total. The summed E-state index contributed by atoms with van der Waals surface area (Å²) in [6.07, 6.45) is 0.914. The van der Waals surface area contributed by atoms with Crippen molar-refractivity contribution in [1.29, 1.82) is 0 Å². The maximum atomic E-state index is 11.9. The van der Waals surface area contributed by atoms with E-state index in [-0.39, 0.29) is 6.03 Å². The molecule has 112 valence electrons. The van der Waals surface area contributed by atoms with Gasteiger partial charge in [0.15, 0.2) is 0 Å². The number of urea groups is 1. The van der Waals surface area contributed by atoms with Crippen LogP contribution in [-0.4, -0.2) is 17.6 Å². The summed E-state index contributed by atoms with van der Waals surface area (Å²) in [5.41, 5.74) is 3.85. The van der Waals surface area contributed by atoms with E-state index in [1.807, 2.05) is 49.4 Å². The van der Waals surface area contributed by atoms with E-state index in [1.54, 1.807) is 0 Å². The van der Waals surface area contributed by atoms with E-state index in [1.165, 1.54) is 0 Å². The van der Waals surface area contributed by atoms with Crippen LogP contribution in [0.3, 0.4) is 0 Å². The molecule has 0 unspecified atom stereocenters. The Bertz CT molecular complexity index is 759. The van der Waals surface area contributed by atoms with Crippen molar-refractivity contribution in [2.45, 2.75) is 13.3 Å². The summed E-state index contributed by atoms with van der Waals surface area (Å²) in [5.74, 6) is 0. The molecule has 0 aliphatic heterocycles. The fraction of sp³-hybridized carbons (Fsp3) is 0.167. The number of carbonyl (C=O) groups excluding carboxylic acids is 1. The number of anilines is 1. The van der Waals surface area contributed by atoms with Crippen LogP contribution in [0.25, 0.3) is 22.2 Å². The summed E-state index contributed by atoms with van der Waals surface area (Å²) in [7, 11) is 0. The van der Waals surface area contributed by atoms with Crippen LogP contribution in [0.5, 0.6) is 0 Å². The van der Waals surface area contributed by atoms with Gasteiger partial charge in [0.25, 0.3) is 0 Å². The molecule has 2 amide bonds. The van der Waals surface area contributed by atoms with Crippen LogP contribution in [0.2, 0.25) is 0 Å². The predicted molar refractivity (Wildman–Crippen MR) is 91.0 cm³/mol. The van der Waals surface area contributed by atoms with Crippen LogP contribution in [-0.2, 0) is 0 Å². The van der Waals surface area contributed by atoms with Gasteiger partial charge in [-0.25, -0.2) is 4.79 Å². The Labute approximate surface area is 129 Å². The molecule has 3 aromatic rings. The van der Waals surface area contributed by atoms with E-state index < -0.39 is 0 Å². The number of aromatic amines is 1. The number of aromatic nitrogens is 1. The van der Waals surface area contributed by atoms with Gasteiger partial charge in [-0.2, -0.15) is 0 Å². The molecule has 2 aromatic carbocycles. The second kappa shape index (κ2) is 6.35. The fourth-order valence-corrected chi connectivity index (χ4v) is 2.45. The van der Waals surface area contributed by atoms with Crippen LogP contribution in [0.15, 0.2) is 54.6 Å². The van der Waals surface area contributed by atoms with Crippen molar-refractivity contribution in [2.75, 3.05) is 11.9 Å². The zero-order valence-corrected chi connectivity index (χ0v) is 12.5. The Hall–Kier alpha value is -2.75. The normalized spacial score (nSPS) is 10.6. The SMILES string of the molecule is CCCNC(=O)Nc1ccccc1-c1cc2ccccc2[nH]1. The number of amides is 2. The highest BCUT2D eigenvalue weighted by atomic mass is 16.2. The molecule has 0 radical (unpaired) electrons. The highest BCUT2D eigenvalue weighted by molar-refractivity contribution is 5.96. The van der Waals surface area contributed by atoms with Gasteiger partial charge in [0.2, 0.25) is 0 Å². The Balaban J connectivity index is 1.92. The molecule has 0 saturated carbocycles. The van der Waals surface area contributed by atoms with Gasteiger partial charge in [-0.1, -0.05) is 43.3 Å². The number of carbonyl (C=O) groups is 1. The Morgan fingerprint density at radius 3 is 2.68 bits per heavy atom. The second-order valence-corrected chi connectivity index (χ2v) is 5.20. The maximum Gasteiger partial charge on any atom is 0.319 e. The smallest absolute Gasteiger partial charge is 0.319 e. The van der Waals surface area contributed by atoms with E-state index in [0.717, 1.165) is 34.3 Å². The summed E-state index contributed by atoms with van der Waals surface area (Å²) >= 11 is 0. The van der Waals surface area contributed by atoms with Gasteiger partial charge in [0, 0.05) is 28.7 Å². The standard InChI is InChI=1S/C18H19N3O/c1-2-11-19-18(22)21-16-10-6-4-8-14(16)17-12-13-7-3-5-9-15(13)20-17/h3-10,12,20H,2,11H2,1H3,(H2,19,21,22). The third-order valence-electron chi connectivity index (χ3n) is 3.53. The first kappa shape index (κ1) is 14.2. The van der Waals surface area contributed by atoms with Crippen molar-refractivity contribution >= 4 is 22.6 Å². The largest absolute Gasteiger partial charge is 0.354 e. The third-order valence-corrected chi connectivity index (χ3v) is 3.53. The molecule has 4 nitrogen and oxygen atoms in total.